The molecule has 0 fully saturated rings. The molecule has 0 saturated carbocycles. The van der Waals surface area contributed by atoms with Crippen LogP contribution in [0.3, 0.4) is 0 Å². The second-order valence-electron chi connectivity index (χ2n) is 7.12. The number of nitrogens with zero attached hydrogens (tertiary/aromatic N) is 5. The highest BCUT2D eigenvalue weighted by Gasteiger charge is 2.23. The number of imidazole rings is 2. The topological polar surface area (TPSA) is 95.7 Å². The quantitative estimate of drug-likeness (QED) is 0.520. The van der Waals surface area contributed by atoms with Crippen molar-refractivity contribution in [1.82, 2.24) is 23.1 Å². The third kappa shape index (κ3) is 2.77. The standard InChI is InChI=1S/C20H22ClN5O4/c1-11-12(2)26-16-17(23(3)20(29)24(18(16)28)8-5-9-27)22-19(26)25(11)13-6-7-15(30-4)14(21)10-13/h6-7,10,27H,5,8-9H2,1-4H3. The summed E-state index contributed by atoms with van der Waals surface area (Å²) in [6.07, 6.45) is 0.311. The first-order valence-corrected chi connectivity index (χ1v) is 9.84. The SMILES string of the molecule is COc1ccc(-n2c(C)c(C)n3c4c(=O)n(CCCO)c(=O)n(C)c4nc23)cc1Cl. The third-order valence-electron chi connectivity index (χ3n) is 5.45. The number of hydrogen-bond donors (Lipinski definition) is 1. The summed E-state index contributed by atoms with van der Waals surface area (Å²) in [6.45, 7) is 3.86. The molecule has 1 aromatic carbocycles. The number of aryl methyl sites for hydroxylation is 2. The summed E-state index contributed by atoms with van der Waals surface area (Å²) >= 11 is 6.32. The Bertz CT molecular complexity index is 1410. The first-order valence-electron chi connectivity index (χ1n) is 9.46. The summed E-state index contributed by atoms with van der Waals surface area (Å²) in [5, 5.41) is 9.58. The summed E-state index contributed by atoms with van der Waals surface area (Å²) < 4.78 is 11.4. The smallest absolute Gasteiger partial charge is 0.332 e. The van der Waals surface area contributed by atoms with Crippen LogP contribution in [0.25, 0.3) is 22.6 Å². The van der Waals surface area contributed by atoms with Crippen LogP contribution in [-0.2, 0) is 13.6 Å². The molecule has 0 bridgehead atoms. The number of rotatable bonds is 5. The van der Waals surface area contributed by atoms with Gasteiger partial charge in [-0.1, -0.05) is 11.6 Å². The Morgan fingerprint density at radius 1 is 1.20 bits per heavy atom. The van der Waals surface area contributed by atoms with Gasteiger partial charge in [0.25, 0.3) is 5.56 Å². The number of halogens is 1. The van der Waals surface area contributed by atoms with Crippen LogP contribution in [0, 0.1) is 13.8 Å². The lowest BCUT2D eigenvalue weighted by Crippen LogP contribution is -2.39. The van der Waals surface area contributed by atoms with Crippen molar-refractivity contribution in [2.75, 3.05) is 13.7 Å². The van der Waals surface area contributed by atoms with Crippen molar-refractivity contribution < 1.29 is 9.84 Å². The van der Waals surface area contributed by atoms with Crippen LogP contribution < -0.4 is 16.0 Å². The molecule has 3 heterocycles. The molecule has 0 aliphatic carbocycles. The maximum Gasteiger partial charge on any atom is 0.332 e. The Morgan fingerprint density at radius 3 is 2.57 bits per heavy atom. The van der Waals surface area contributed by atoms with Gasteiger partial charge in [-0.2, -0.15) is 4.98 Å². The lowest BCUT2D eigenvalue weighted by atomic mass is 10.2. The van der Waals surface area contributed by atoms with Gasteiger partial charge in [0.1, 0.15) is 5.75 Å². The van der Waals surface area contributed by atoms with Crippen molar-refractivity contribution in [1.29, 1.82) is 0 Å². The minimum atomic E-state index is -0.463. The van der Waals surface area contributed by atoms with Crippen molar-refractivity contribution in [3.05, 3.63) is 55.4 Å². The summed E-state index contributed by atoms with van der Waals surface area (Å²) in [5.74, 6) is 1.06. The number of benzene rings is 1. The van der Waals surface area contributed by atoms with Crippen LogP contribution >= 0.6 is 11.6 Å². The van der Waals surface area contributed by atoms with Gasteiger partial charge in [0.05, 0.1) is 17.8 Å². The van der Waals surface area contributed by atoms with Crippen LogP contribution in [0.15, 0.2) is 27.8 Å². The number of hydrogen-bond acceptors (Lipinski definition) is 5. The molecule has 0 amide bonds. The highest BCUT2D eigenvalue weighted by atomic mass is 35.5. The zero-order valence-electron chi connectivity index (χ0n) is 17.1. The number of methoxy groups -OCH3 is 1. The third-order valence-corrected chi connectivity index (χ3v) is 5.75. The molecule has 4 aromatic rings. The van der Waals surface area contributed by atoms with E-state index in [0.29, 0.717) is 34.1 Å². The van der Waals surface area contributed by atoms with Gasteiger partial charge < -0.3 is 9.84 Å². The predicted molar refractivity (Wildman–Crippen MR) is 114 cm³/mol. The van der Waals surface area contributed by atoms with E-state index < -0.39 is 11.2 Å². The molecule has 0 aliphatic rings. The highest BCUT2D eigenvalue weighted by Crippen LogP contribution is 2.30. The molecular weight excluding hydrogens is 410 g/mol. The van der Waals surface area contributed by atoms with Gasteiger partial charge >= 0.3 is 5.69 Å². The van der Waals surface area contributed by atoms with Gasteiger partial charge in [0, 0.05) is 31.6 Å². The minimum absolute atomic E-state index is 0.109. The Balaban J connectivity index is 2.10. The van der Waals surface area contributed by atoms with Gasteiger partial charge in [-0.05, 0) is 38.5 Å². The minimum Gasteiger partial charge on any atom is -0.495 e. The molecule has 0 atom stereocenters. The first kappa shape index (κ1) is 20.2. The van der Waals surface area contributed by atoms with Crippen molar-refractivity contribution >= 4 is 28.5 Å². The molecule has 0 saturated heterocycles. The van der Waals surface area contributed by atoms with E-state index in [1.54, 1.807) is 30.7 Å². The molecular formula is C20H22ClN5O4. The van der Waals surface area contributed by atoms with E-state index in [1.165, 1.54) is 4.57 Å². The molecule has 10 heteroatoms. The first-order chi connectivity index (χ1) is 14.3. The molecule has 0 radical (unpaired) electrons. The summed E-state index contributed by atoms with van der Waals surface area (Å²) in [5.41, 5.74) is 2.20. The molecule has 3 aromatic heterocycles. The van der Waals surface area contributed by atoms with Crippen LogP contribution in [0.1, 0.15) is 17.8 Å². The van der Waals surface area contributed by atoms with E-state index >= 15 is 0 Å². The number of aliphatic hydroxyl groups excluding tert-OH is 1. The average Bonchev–Trinajstić information content (AvgIpc) is 3.22. The number of fused-ring (bicyclic) bond motifs is 3. The van der Waals surface area contributed by atoms with Crippen LogP contribution in [0.2, 0.25) is 5.02 Å². The second-order valence-corrected chi connectivity index (χ2v) is 7.53. The number of aromatic nitrogens is 5. The van der Waals surface area contributed by atoms with Gasteiger partial charge in [-0.15, -0.1) is 0 Å². The van der Waals surface area contributed by atoms with Gasteiger partial charge in [0.2, 0.25) is 5.78 Å². The van der Waals surface area contributed by atoms with E-state index in [-0.39, 0.29) is 13.2 Å². The zero-order valence-corrected chi connectivity index (χ0v) is 17.9. The van der Waals surface area contributed by atoms with E-state index in [9.17, 15) is 9.59 Å². The molecule has 30 heavy (non-hydrogen) atoms. The van der Waals surface area contributed by atoms with Gasteiger partial charge in [-0.3, -0.25) is 22.9 Å². The molecule has 9 nitrogen and oxygen atoms in total. The summed E-state index contributed by atoms with van der Waals surface area (Å²) in [7, 11) is 3.14. The Morgan fingerprint density at radius 2 is 1.93 bits per heavy atom. The number of ether oxygens (including phenoxy) is 1. The van der Waals surface area contributed by atoms with Crippen LogP contribution in [0.5, 0.6) is 5.75 Å². The lowest BCUT2D eigenvalue weighted by Gasteiger charge is -2.09. The number of aliphatic hydroxyl groups is 1. The maximum atomic E-state index is 13.2. The van der Waals surface area contributed by atoms with Crippen molar-refractivity contribution in [3.8, 4) is 11.4 Å². The second kappa shape index (κ2) is 7.33. The van der Waals surface area contributed by atoms with Gasteiger partial charge in [-0.25, -0.2) is 4.79 Å². The Labute approximate surface area is 176 Å². The lowest BCUT2D eigenvalue weighted by molar-refractivity contribution is 0.277. The summed E-state index contributed by atoms with van der Waals surface area (Å²) in [4.78, 5) is 30.5. The van der Waals surface area contributed by atoms with E-state index in [0.717, 1.165) is 21.6 Å². The molecule has 0 aliphatic heterocycles. The fraction of sp³-hybridized carbons (Fsp3) is 0.350. The fourth-order valence-electron chi connectivity index (χ4n) is 3.78. The predicted octanol–water partition coefficient (Wildman–Crippen LogP) is 1.80. The molecule has 158 valence electrons. The van der Waals surface area contributed by atoms with Gasteiger partial charge in [0.15, 0.2) is 11.2 Å². The maximum absolute atomic E-state index is 13.2. The Kier molecular flexibility index (Phi) is 4.95. The van der Waals surface area contributed by atoms with E-state index in [1.807, 2.05) is 24.5 Å². The fourth-order valence-corrected chi connectivity index (χ4v) is 4.03. The average molecular weight is 432 g/mol. The molecule has 4 rings (SSSR count). The largest absolute Gasteiger partial charge is 0.495 e. The summed E-state index contributed by atoms with van der Waals surface area (Å²) in [6, 6.07) is 5.39. The molecule has 0 unspecified atom stereocenters. The van der Waals surface area contributed by atoms with Crippen molar-refractivity contribution in [2.24, 2.45) is 7.05 Å². The Hall–Kier alpha value is -3.04. The normalized spacial score (nSPS) is 11.7. The molecule has 1 N–H and O–H groups in total. The zero-order chi connectivity index (χ0) is 21.7. The van der Waals surface area contributed by atoms with E-state index in [2.05, 4.69) is 4.98 Å². The highest BCUT2D eigenvalue weighted by molar-refractivity contribution is 6.32. The van der Waals surface area contributed by atoms with Crippen LogP contribution in [0.4, 0.5) is 0 Å². The van der Waals surface area contributed by atoms with Crippen molar-refractivity contribution in [2.45, 2.75) is 26.8 Å². The van der Waals surface area contributed by atoms with E-state index in [4.69, 9.17) is 21.4 Å². The van der Waals surface area contributed by atoms with Crippen LogP contribution in [-0.4, -0.2) is 41.9 Å². The monoisotopic (exact) mass is 431 g/mol. The molecule has 0 spiro atoms. The van der Waals surface area contributed by atoms with Crippen molar-refractivity contribution in [3.63, 3.8) is 0 Å².